The van der Waals surface area contributed by atoms with Crippen molar-refractivity contribution in [2.75, 3.05) is 12.4 Å². The minimum Gasteiger partial charge on any atom is -0.479 e. The minimum absolute atomic E-state index is 0.0358. The van der Waals surface area contributed by atoms with Gasteiger partial charge < -0.3 is 19.9 Å². The molecule has 9 nitrogen and oxygen atoms in total. The third kappa shape index (κ3) is 6.23. The zero-order valence-corrected chi connectivity index (χ0v) is 20.3. The van der Waals surface area contributed by atoms with E-state index >= 15 is 0 Å². The first-order valence-electron chi connectivity index (χ1n) is 9.93. The van der Waals surface area contributed by atoms with Crippen molar-refractivity contribution in [2.24, 2.45) is 0 Å². The van der Waals surface area contributed by atoms with Gasteiger partial charge in [0.2, 0.25) is 0 Å². The summed E-state index contributed by atoms with van der Waals surface area (Å²) < 4.78 is 12.5. The number of aromatic amines is 1. The highest BCUT2D eigenvalue weighted by atomic mass is 35.5. The van der Waals surface area contributed by atoms with Crippen LogP contribution >= 0.6 is 46.4 Å². The molecular formula is C20H21Cl4N3O6. The average Bonchev–Trinajstić information content (AvgIpc) is 3.12. The lowest BCUT2D eigenvalue weighted by atomic mass is 10.1. The second-order valence-corrected chi connectivity index (χ2v) is 8.99. The highest BCUT2D eigenvalue weighted by Crippen LogP contribution is 2.34. The summed E-state index contributed by atoms with van der Waals surface area (Å²) in [6, 6.07) is 2.82. The van der Waals surface area contributed by atoms with Gasteiger partial charge >= 0.3 is 5.69 Å². The number of carbonyl (C=O) groups excluding carboxylic acids is 1. The molecule has 13 heteroatoms. The van der Waals surface area contributed by atoms with Crippen LogP contribution in [0.3, 0.4) is 0 Å². The fourth-order valence-electron chi connectivity index (χ4n) is 3.27. The second-order valence-electron chi connectivity index (χ2n) is 7.39. The van der Waals surface area contributed by atoms with Crippen LogP contribution < -0.4 is 21.3 Å². The molecular weight excluding hydrogens is 520 g/mol. The topological polar surface area (TPSA) is 123 Å². The summed E-state index contributed by atoms with van der Waals surface area (Å²) in [5, 5.41) is 13.7. The van der Waals surface area contributed by atoms with Gasteiger partial charge in [-0.3, -0.25) is 19.1 Å². The van der Waals surface area contributed by atoms with Crippen LogP contribution in [0, 0.1) is 0 Å². The molecule has 0 radical (unpaired) electrons. The van der Waals surface area contributed by atoms with Crippen LogP contribution in [0.1, 0.15) is 25.1 Å². The van der Waals surface area contributed by atoms with Gasteiger partial charge in [-0.25, -0.2) is 4.79 Å². The van der Waals surface area contributed by atoms with E-state index in [1.807, 2.05) is 0 Å². The molecule has 3 N–H and O–H groups in total. The molecule has 1 amide bonds. The standard InChI is InChI=1S/C20H21Cl4N3O6/c1-9(32-15-5-12(23)11(22)4-13(15)24)18(29)25-7-16-14(28)6-17(33-16)27-8-10(2-3-21)19(30)26-20(27)31/h4-5,8-9,14,16-17,28H,2-3,6-7H2,1H3,(H,25,29)(H,26,30,31)/t9?,14-,16+,17+/m0/s1. The number of rotatable bonds is 8. The molecule has 4 atom stereocenters. The number of H-pyrrole nitrogens is 1. The number of nitrogens with zero attached hydrogens (tertiary/aromatic N) is 1. The first-order valence-corrected chi connectivity index (χ1v) is 11.6. The largest absolute Gasteiger partial charge is 0.479 e. The van der Waals surface area contributed by atoms with E-state index in [2.05, 4.69) is 10.3 Å². The van der Waals surface area contributed by atoms with Crippen LogP contribution in [0.2, 0.25) is 15.1 Å². The molecule has 0 bridgehead atoms. The third-order valence-electron chi connectivity index (χ3n) is 5.05. The van der Waals surface area contributed by atoms with Crippen LogP contribution in [-0.4, -0.2) is 51.3 Å². The predicted octanol–water partition coefficient (Wildman–Crippen LogP) is 2.51. The summed E-state index contributed by atoms with van der Waals surface area (Å²) in [7, 11) is 0. The molecule has 33 heavy (non-hydrogen) atoms. The molecule has 1 aliphatic rings. The summed E-state index contributed by atoms with van der Waals surface area (Å²) in [6.07, 6.45) is -1.75. The van der Waals surface area contributed by atoms with Gasteiger partial charge in [0, 0.05) is 36.7 Å². The third-order valence-corrected chi connectivity index (χ3v) is 6.25. The van der Waals surface area contributed by atoms with E-state index in [9.17, 15) is 19.5 Å². The van der Waals surface area contributed by atoms with Crippen LogP contribution in [0.15, 0.2) is 27.9 Å². The van der Waals surface area contributed by atoms with E-state index in [-0.39, 0.29) is 46.1 Å². The van der Waals surface area contributed by atoms with Gasteiger partial charge in [0.15, 0.2) is 6.10 Å². The number of halogens is 4. The maximum atomic E-state index is 12.5. The van der Waals surface area contributed by atoms with E-state index in [1.165, 1.54) is 29.8 Å². The number of amides is 1. The average molecular weight is 541 g/mol. The predicted molar refractivity (Wildman–Crippen MR) is 125 cm³/mol. The lowest BCUT2D eigenvalue weighted by molar-refractivity contribution is -0.128. The van der Waals surface area contributed by atoms with Crippen molar-refractivity contribution in [2.45, 2.75) is 44.3 Å². The number of hydrogen-bond acceptors (Lipinski definition) is 6. The van der Waals surface area contributed by atoms with Crippen LogP contribution in [0.5, 0.6) is 5.75 Å². The number of alkyl halides is 1. The summed E-state index contributed by atoms with van der Waals surface area (Å²) >= 11 is 23.6. The molecule has 180 valence electrons. The van der Waals surface area contributed by atoms with Crippen molar-refractivity contribution in [3.8, 4) is 5.75 Å². The summed E-state index contributed by atoms with van der Waals surface area (Å²) in [5.41, 5.74) is -0.859. The number of aliphatic hydroxyl groups is 1. The number of nitrogens with one attached hydrogen (secondary N) is 2. The molecule has 3 rings (SSSR count). The number of aliphatic hydroxyl groups excluding tert-OH is 1. The Morgan fingerprint density at radius 1 is 1.30 bits per heavy atom. The lowest BCUT2D eigenvalue weighted by Crippen LogP contribution is -2.42. The highest BCUT2D eigenvalue weighted by molar-refractivity contribution is 6.43. The molecule has 1 aromatic carbocycles. The van der Waals surface area contributed by atoms with Crippen molar-refractivity contribution >= 4 is 52.3 Å². The first-order chi connectivity index (χ1) is 15.6. The maximum absolute atomic E-state index is 12.5. The Bertz CT molecular complexity index is 1140. The molecule has 0 spiro atoms. The van der Waals surface area contributed by atoms with Crippen LogP contribution in [0.4, 0.5) is 0 Å². The zero-order valence-electron chi connectivity index (χ0n) is 17.3. The number of carbonyl (C=O) groups is 1. The summed E-state index contributed by atoms with van der Waals surface area (Å²) in [5.74, 6) is -0.0873. The molecule has 0 aliphatic carbocycles. The quantitative estimate of drug-likeness (QED) is 0.349. The number of aryl methyl sites for hydroxylation is 1. The number of aromatic nitrogens is 2. The Hall–Kier alpha value is -1.75. The number of ether oxygens (including phenoxy) is 2. The van der Waals surface area contributed by atoms with Gasteiger partial charge in [-0.15, -0.1) is 11.6 Å². The van der Waals surface area contributed by atoms with Crippen molar-refractivity contribution in [3.05, 3.63) is 59.8 Å². The van der Waals surface area contributed by atoms with E-state index in [4.69, 9.17) is 55.9 Å². The van der Waals surface area contributed by atoms with Crippen molar-refractivity contribution in [1.82, 2.24) is 14.9 Å². The van der Waals surface area contributed by atoms with Gasteiger partial charge in [0.05, 0.1) is 21.2 Å². The summed E-state index contributed by atoms with van der Waals surface area (Å²) in [4.78, 5) is 38.7. The molecule has 2 aromatic rings. The first kappa shape index (κ1) is 25.9. The van der Waals surface area contributed by atoms with Gasteiger partial charge in [0.1, 0.15) is 18.1 Å². The minimum atomic E-state index is -0.952. The smallest absolute Gasteiger partial charge is 0.330 e. The molecule has 1 aromatic heterocycles. The normalized spacial score (nSPS) is 21.1. The molecule has 2 heterocycles. The summed E-state index contributed by atoms with van der Waals surface area (Å²) in [6.45, 7) is 1.48. The Balaban J connectivity index is 1.61. The van der Waals surface area contributed by atoms with Crippen LogP contribution in [0.25, 0.3) is 0 Å². The SMILES string of the molecule is CC(Oc1cc(Cl)c(Cl)cc1Cl)C(=O)NC[C@H]1O[C@@H](n2cc(CCCl)c(=O)[nH]c2=O)C[C@@H]1O. The van der Waals surface area contributed by atoms with Crippen molar-refractivity contribution in [3.63, 3.8) is 0 Å². The Kier molecular flexibility index (Phi) is 8.71. The molecule has 0 saturated carbocycles. The zero-order chi connectivity index (χ0) is 24.3. The molecule has 1 fully saturated rings. The number of hydrogen-bond donors (Lipinski definition) is 3. The molecule has 1 saturated heterocycles. The fourth-order valence-corrected chi connectivity index (χ4v) is 4.06. The Morgan fingerprint density at radius 2 is 2.00 bits per heavy atom. The van der Waals surface area contributed by atoms with Gasteiger partial charge in [0.25, 0.3) is 11.5 Å². The Labute approximate surface area is 208 Å². The van der Waals surface area contributed by atoms with Crippen LogP contribution in [-0.2, 0) is 16.0 Å². The monoisotopic (exact) mass is 539 g/mol. The Morgan fingerprint density at radius 3 is 2.70 bits per heavy atom. The molecule has 1 aliphatic heterocycles. The van der Waals surface area contributed by atoms with E-state index in [0.717, 1.165) is 0 Å². The fraction of sp³-hybridized carbons (Fsp3) is 0.450. The number of benzene rings is 1. The lowest BCUT2D eigenvalue weighted by Gasteiger charge is -2.19. The molecule has 1 unspecified atom stereocenters. The van der Waals surface area contributed by atoms with Gasteiger partial charge in [-0.1, -0.05) is 34.8 Å². The second kappa shape index (κ2) is 11.1. The van der Waals surface area contributed by atoms with Crippen molar-refractivity contribution < 1.29 is 19.4 Å². The highest BCUT2D eigenvalue weighted by Gasteiger charge is 2.36. The maximum Gasteiger partial charge on any atom is 0.330 e. The van der Waals surface area contributed by atoms with Crippen molar-refractivity contribution in [1.29, 1.82) is 0 Å². The van der Waals surface area contributed by atoms with Gasteiger partial charge in [-0.05, 0) is 19.4 Å². The van der Waals surface area contributed by atoms with E-state index in [1.54, 1.807) is 0 Å². The van der Waals surface area contributed by atoms with E-state index in [0.29, 0.717) is 5.56 Å². The van der Waals surface area contributed by atoms with Gasteiger partial charge in [-0.2, -0.15) is 0 Å². The van der Waals surface area contributed by atoms with E-state index < -0.39 is 41.7 Å².